The second-order valence-corrected chi connectivity index (χ2v) is 17.2. The summed E-state index contributed by atoms with van der Waals surface area (Å²) in [6.07, 6.45) is 6.60. The molecule has 0 N–H and O–H groups in total. The molecule has 194 valence electrons. The third kappa shape index (κ3) is 6.50. The van der Waals surface area contributed by atoms with Gasteiger partial charge >= 0.3 is 0 Å². The molecular formula is C25H35N5O4SSi. The summed E-state index contributed by atoms with van der Waals surface area (Å²) in [6, 6.07) is 8.85. The molecule has 0 saturated carbocycles. The van der Waals surface area contributed by atoms with Gasteiger partial charge in [0.1, 0.15) is 0 Å². The lowest BCUT2D eigenvalue weighted by atomic mass is 10.2. The van der Waals surface area contributed by atoms with Crippen molar-refractivity contribution in [3.8, 4) is 11.8 Å². The van der Waals surface area contributed by atoms with Gasteiger partial charge in [0.15, 0.2) is 14.1 Å². The van der Waals surface area contributed by atoms with Gasteiger partial charge in [-0.25, -0.2) is 13.4 Å². The molecule has 1 fully saturated rings. The number of nitriles is 1. The standard InChI is InChI=1S/C25H35N5O4SSi/c1-25(2,3)36(5,6)34-17-7-8-21-19-30(22-11-9-20(18-26)10-12-22)24(31)23(27-21)28-13-15-29(16-14-28)35(4,32)33/h7-12,19H,13-17H2,1-6H3. The molecule has 0 spiro atoms. The Labute approximate surface area is 214 Å². The number of aromatic nitrogens is 2. The predicted molar refractivity (Wildman–Crippen MR) is 145 cm³/mol. The second-order valence-electron chi connectivity index (χ2n) is 10.4. The van der Waals surface area contributed by atoms with Crippen LogP contribution in [0, 0.1) is 11.3 Å². The highest BCUT2D eigenvalue weighted by molar-refractivity contribution is 7.88. The van der Waals surface area contributed by atoms with Crippen LogP contribution in [0.5, 0.6) is 0 Å². The van der Waals surface area contributed by atoms with Crippen molar-refractivity contribution in [2.24, 2.45) is 0 Å². The van der Waals surface area contributed by atoms with Crippen LogP contribution >= 0.6 is 0 Å². The molecule has 0 aliphatic carbocycles. The number of benzene rings is 1. The van der Waals surface area contributed by atoms with Gasteiger partial charge in [0, 0.05) is 38.1 Å². The molecule has 1 aliphatic rings. The molecule has 36 heavy (non-hydrogen) atoms. The number of rotatable bonds is 7. The molecule has 1 aromatic heterocycles. The zero-order valence-electron chi connectivity index (χ0n) is 21.9. The Morgan fingerprint density at radius 3 is 2.28 bits per heavy atom. The zero-order chi connectivity index (χ0) is 26.7. The summed E-state index contributed by atoms with van der Waals surface area (Å²) in [5, 5.41) is 9.22. The Bertz CT molecular complexity index is 1310. The number of nitrogens with zero attached hydrogens (tertiary/aromatic N) is 5. The van der Waals surface area contributed by atoms with Gasteiger partial charge in [-0.1, -0.05) is 26.8 Å². The fourth-order valence-electron chi connectivity index (χ4n) is 3.55. The normalized spacial score (nSPS) is 15.9. The molecule has 1 saturated heterocycles. The SMILES string of the molecule is CC(C)(C)[Si](C)(C)OCC=Cc1cn(-c2ccc(C#N)cc2)c(=O)c(N2CCN(S(C)(=O)=O)CC2)n1. The Kier molecular flexibility index (Phi) is 8.25. The Hall–Kier alpha value is -2.78. The van der Waals surface area contributed by atoms with Gasteiger partial charge in [0.25, 0.3) is 5.56 Å². The minimum absolute atomic E-state index is 0.100. The molecule has 0 amide bonds. The van der Waals surface area contributed by atoms with E-state index >= 15 is 0 Å². The van der Waals surface area contributed by atoms with Gasteiger partial charge in [-0.05, 0) is 48.5 Å². The van der Waals surface area contributed by atoms with Gasteiger partial charge in [0.2, 0.25) is 10.0 Å². The van der Waals surface area contributed by atoms with E-state index in [2.05, 4.69) is 44.9 Å². The highest BCUT2D eigenvalue weighted by Crippen LogP contribution is 2.36. The maximum atomic E-state index is 13.4. The molecule has 1 aromatic carbocycles. The first-order chi connectivity index (χ1) is 16.7. The van der Waals surface area contributed by atoms with Crippen LogP contribution < -0.4 is 10.5 Å². The Morgan fingerprint density at radius 1 is 1.14 bits per heavy atom. The summed E-state index contributed by atoms with van der Waals surface area (Å²) in [5.41, 5.74) is 1.39. The van der Waals surface area contributed by atoms with Crippen LogP contribution in [0.4, 0.5) is 5.82 Å². The quantitative estimate of drug-likeness (QED) is 0.507. The average molecular weight is 530 g/mol. The van der Waals surface area contributed by atoms with Gasteiger partial charge in [-0.3, -0.25) is 9.36 Å². The number of hydrogen-bond acceptors (Lipinski definition) is 7. The van der Waals surface area contributed by atoms with E-state index in [-0.39, 0.29) is 29.5 Å². The molecule has 11 heteroatoms. The van der Waals surface area contributed by atoms with Crippen LogP contribution in [0.1, 0.15) is 32.0 Å². The largest absolute Gasteiger partial charge is 0.413 e. The van der Waals surface area contributed by atoms with Gasteiger partial charge in [-0.2, -0.15) is 9.57 Å². The van der Waals surface area contributed by atoms with E-state index in [9.17, 15) is 13.2 Å². The first-order valence-electron chi connectivity index (χ1n) is 11.9. The maximum absolute atomic E-state index is 13.4. The van der Waals surface area contributed by atoms with Crippen LogP contribution in [-0.2, 0) is 14.4 Å². The Morgan fingerprint density at radius 2 is 1.75 bits per heavy atom. The summed E-state index contributed by atoms with van der Waals surface area (Å²) >= 11 is 0. The average Bonchev–Trinajstić information content (AvgIpc) is 2.81. The fraction of sp³-hybridized carbons (Fsp3) is 0.480. The first kappa shape index (κ1) is 27.8. The van der Waals surface area contributed by atoms with Crippen molar-refractivity contribution in [1.29, 1.82) is 5.26 Å². The molecule has 0 atom stereocenters. The molecular weight excluding hydrogens is 494 g/mol. The van der Waals surface area contributed by atoms with E-state index in [0.29, 0.717) is 36.6 Å². The zero-order valence-corrected chi connectivity index (χ0v) is 23.7. The van der Waals surface area contributed by atoms with Crippen LogP contribution in [0.25, 0.3) is 11.8 Å². The van der Waals surface area contributed by atoms with Crippen molar-refractivity contribution in [2.75, 3.05) is 43.9 Å². The van der Waals surface area contributed by atoms with Crippen molar-refractivity contribution in [3.05, 3.63) is 58.1 Å². The summed E-state index contributed by atoms with van der Waals surface area (Å²) in [6.45, 7) is 12.7. The Balaban J connectivity index is 1.94. The smallest absolute Gasteiger partial charge is 0.298 e. The minimum Gasteiger partial charge on any atom is -0.413 e. The number of sulfonamides is 1. The van der Waals surface area contributed by atoms with Gasteiger partial charge < -0.3 is 9.33 Å². The maximum Gasteiger partial charge on any atom is 0.298 e. The molecule has 2 aromatic rings. The van der Waals surface area contributed by atoms with E-state index in [0.717, 1.165) is 0 Å². The van der Waals surface area contributed by atoms with E-state index < -0.39 is 18.3 Å². The fourth-order valence-corrected chi connectivity index (χ4v) is 5.32. The van der Waals surface area contributed by atoms with Gasteiger partial charge in [-0.15, -0.1) is 0 Å². The second kappa shape index (κ2) is 10.7. The van der Waals surface area contributed by atoms with E-state index in [1.54, 1.807) is 30.5 Å². The van der Waals surface area contributed by atoms with Crippen molar-refractivity contribution >= 4 is 30.2 Å². The molecule has 1 aliphatic heterocycles. The van der Waals surface area contributed by atoms with Crippen LogP contribution in [-0.4, -0.2) is 69.6 Å². The highest BCUT2D eigenvalue weighted by atomic mass is 32.2. The molecule has 0 unspecified atom stereocenters. The van der Waals surface area contributed by atoms with Crippen molar-refractivity contribution < 1.29 is 12.8 Å². The van der Waals surface area contributed by atoms with E-state index in [1.807, 2.05) is 17.1 Å². The van der Waals surface area contributed by atoms with Gasteiger partial charge in [0.05, 0.1) is 30.2 Å². The molecule has 0 bridgehead atoms. The highest BCUT2D eigenvalue weighted by Gasteiger charge is 2.36. The summed E-state index contributed by atoms with van der Waals surface area (Å²) in [4.78, 5) is 19.9. The monoisotopic (exact) mass is 529 g/mol. The lowest BCUT2D eigenvalue weighted by molar-refractivity contribution is 0.328. The molecule has 2 heterocycles. The lowest BCUT2D eigenvalue weighted by Crippen LogP contribution is -2.50. The summed E-state index contributed by atoms with van der Waals surface area (Å²) in [7, 11) is -5.19. The number of piperazine rings is 1. The molecule has 0 radical (unpaired) electrons. The van der Waals surface area contributed by atoms with Crippen LogP contribution in [0.3, 0.4) is 0 Å². The van der Waals surface area contributed by atoms with Crippen molar-refractivity contribution in [3.63, 3.8) is 0 Å². The number of hydrogen-bond donors (Lipinski definition) is 0. The van der Waals surface area contributed by atoms with Crippen LogP contribution in [0.2, 0.25) is 18.1 Å². The summed E-state index contributed by atoms with van der Waals surface area (Å²) in [5.74, 6) is 0.264. The topological polar surface area (TPSA) is 109 Å². The van der Waals surface area contributed by atoms with E-state index in [4.69, 9.17) is 9.69 Å². The summed E-state index contributed by atoms with van der Waals surface area (Å²) < 4.78 is 33.0. The van der Waals surface area contributed by atoms with Crippen LogP contribution in [0.15, 0.2) is 41.3 Å². The molecule has 9 nitrogen and oxygen atoms in total. The lowest BCUT2D eigenvalue weighted by Gasteiger charge is -2.35. The molecule has 3 rings (SSSR count). The third-order valence-electron chi connectivity index (χ3n) is 6.82. The first-order valence-corrected chi connectivity index (χ1v) is 16.6. The van der Waals surface area contributed by atoms with E-state index in [1.165, 1.54) is 15.1 Å². The van der Waals surface area contributed by atoms with Crippen molar-refractivity contribution in [2.45, 2.75) is 38.9 Å². The third-order valence-corrected chi connectivity index (χ3v) is 12.6. The van der Waals surface area contributed by atoms with Crippen molar-refractivity contribution in [1.82, 2.24) is 13.9 Å². The number of anilines is 1. The predicted octanol–water partition coefficient (Wildman–Crippen LogP) is 3.22. The minimum atomic E-state index is -3.29.